The van der Waals surface area contributed by atoms with Gasteiger partial charge in [0, 0.05) is 37.1 Å². The van der Waals surface area contributed by atoms with Crippen LogP contribution in [0.2, 0.25) is 0 Å². The summed E-state index contributed by atoms with van der Waals surface area (Å²) < 4.78 is 11.5. The summed E-state index contributed by atoms with van der Waals surface area (Å²) in [5.41, 5.74) is 2.27. The number of para-hydroxylation sites is 1. The van der Waals surface area contributed by atoms with Gasteiger partial charge in [0.25, 0.3) is 0 Å². The molecule has 20 heavy (non-hydrogen) atoms. The predicted octanol–water partition coefficient (Wildman–Crippen LogP) is 3.76. The van der Waals surface area contributed by atoms with Gasteiger partial charge in [-0.2, -0.15) is 0 Å². The normalized spacial score (nSPS) is 11.6. The third-order valence-corrected chi connectivity index (χ3v) is 3.28. The van der Waals surface area contributed by atoms with Gasteiger partial charge >= 0.3 is 0 Å². The van der Waals surface area contributed by atoms with Gasteiger partial charge in [-0.05, 0) is 12.0 Å². The first-order valence-corrected chi connectivity index (χ1v) is 7.50. The molecule has 2 aromatic rings. The van der Waals surface area contributed by atoms with E-state index in [1.54, 1.807) is 0 Å². The molecule has 0 radical (unpaired) electrons. The highest BCUT2D eigenvalue weighted by Gasteiger charge is 2.11. The highest BCUT2D eigenvalue weighted by molar-refractivity contribution is 5.82. The van der Waals surface area contributed by atoms with Crippen molar-refractivity contribution in [2.24, 2.45) is 5.92 Å². The number of benzene rings is 1. The Balaban J connectivity index is 1.89. The molecule has 1 aromatic carbocycles. The van der Waals surface area contributed by atoms with E-state index >= 15 is 0 Å². The zero-order valence-corrected chi connectivity index (χ0v) is 12.7. The number of rotatable bonds is 8. The molecule has 0 amide bonds. The topological polar surface area (TPSA) is 34.4 Å². The molecular weight excluding hydrogens is 250 g/mol. The monoisotopic (exact) mass is 275 g/mol. The Morgan fingerprint density at radius 2 is 2.05 bits per heavy atom. The van der Waals surface area contributed by atoms with Crippen molar-refractivity contribution in [2.45, 2.75) is 33.7 Å². The molecule has 110 valence electrons. The summed E-state index contributed by atoms with van der Waals surface area (Å²) in [6.45, 7) is 9.76. The van der Waals surface area contributed by atoms with Crippen LogP contribution in [0, 0.1) is 5.92 Å². The van der Waals surface area contributed by atoms with Crippen LogP contribution in [0.25, 0.3) is 11.0 Å². The van der Waals surface area contributed by atoms with Crippen LogP contribution in [-0.2, 0) is 17.7 Å². The molecule has 1 aromatic heterocycles. The van der Waals surface area contributed by atoms with Crippen LogP contribution in [0.1, 0.15) is 32.1 Å². The number of fused-ring (bicyclic) bond motifs is 1. The molecular formula is C17H25NO2. The average molecular weight is 275 g/mol. The van der Waals surface area contributed by atoms with Crippen LogP contribution in [0.15, 0.2) is 28.7 Å². The Morgan fingerprint density at radius 3 is 2.80 bits per heavy atom. The van der Waals surface area contributed by atoms with E-state index in [4.69, 9.17) is 9.15 Å². The van der Waals surface area contributed by atoms with Crippen molar-refractivity contribution >= 4 is 11.0 Å². The lowest BCUT2D eigenvalue weighted by Gasteiger charge is -2.08. The quantitative estimate of drug-likeness (QED) is 0.745. The second-order valence-electron chi connectivity index (χ2n) is 5.50. The summed E-state index contributed by atoms with van der Waals surface area (Å²) in [4.78, 5) is 0. The van der Waals surface area contributed by atoms with E-state index in [0.717, 1.165) is 44.1 Å². The van der Waals surface area contributed by atoms with E-state index in [9.17, 15) is 0 Å². The fraction of sp³-hybridized carbons (Fsp3) is 0.529. The fourth-order valence-corrected chi connectivity index (χ4v) is 2.31. The lowest BCUT2D eigenvalue weighted by atomic mass is 10.1. The summed E-state index contributed by atoms with van der Waals surface area (Å²) in [5, 5.41) is 4.67. The van der Waals surface area contributed by atoms with Crippen LogP contribution in [0.5, 0.6) is 0 Å². The number of ether oxygens (including phenoxy) is 1. The molecule has 0 aliphatic carbocycles. The van der Waals surface area contributed by atoms with Crippen LogP contribution >= 0.6 is 0 Å². The van der Waals surface area contributed by atoms with Crippen molar-refractivity contribution in [2.75, 3.05) is 19.8 Å². The molecule has 3 nitrogen and oxygen atoms in total. The molecule has 0 aliphatic heterocycles. The average Bonchev–Trinajstić information content (AvgIpc) is 2.80. The van der Waals surface area contributed by atoms with Crippen molar-refractivity contribution in [3.63, 3.8) is 0 Å². The second kappa shape index (κ2) is 7.46. The summed E-state index contributed by atoms with van der Waals surface area (Å²) in [5.74, 6) is 1.68. The Bertz CT molecular complexity index is 531. The van der Waals surface area contributed by atoms with Gasteiger partial charge in [-0.15, -0.1) is 0 Å². The fourth-order valence-electron chi connectivity index (χ4n) is 2.31. The number of nitrogens with one attached hydrogen (secondary N) is 1. The maximum atomic E-state index is 5.89. The highest BCUT2D eigenvalue weighted by atomic mass is 16.5. The van der Waals surface area contributed by atoms with Gasteiger partial charge in [-0.1, -0.05) is 39.0 Å². The predicted molar refractivity (Wildman–Crippen MR) is 83.0 cm³/mol. The minimum atomic E-state index is 0.597. The zero-order valence-electron chi connectivity index (χ0n) is 12.7. The van der Waals surface area contributed by atoms with Crippen molar-refractivity contribution in [3.05, 3.63) is 35.6 Å². The Morgan fingerprint density at radius 1 is 1.25 bits per heavy atom. The van der Waals surface area contributed by atoms with Gasteiger partial charge in [0.05, 0.1) is 6.61 Å². The largest absolute Gasteiger partial charge is 0.461 e. The summed E-state index contributed by atoms with van der Waals surface area (Å²) in [6.07, 6.45) is 0.926. The van der Waals surface area contributed by atoms with E-state index in [2.05, 4.69) is 38.2 Å². The SMILES string of the molecule is CCc1oc2ccccc2c1CNCCOCC(C)C. The molecule has 1 N–H and O–H groups in total. The number of hydrogen-bond donors (Lipinski definition) is 1. The van der Waals surface area contributed by atoms with Crippen molar-refractivity contribution < 1.29 is 9.15 Å². The molecule has 0 saturated carbocycles. The van der Waals surface area contributed by atoms with Gasteiger partial charge in [0.2, 0.25) is 0 Å². The van der Waals surface area contributed by atoms with Gasteiger partial charge in [0.1, 0.15) is 11.3 Å². The van der Waals surface area contributed by atoms with Gasteiger partial charge < -0.3 is 14.5 Å². The molecule has 0 unspecified atom stereocenters. The molecule has 0 saturated heterocycles. The van der Waals surface area contributed by atoms with E-state index < -0.39 is 0 Å². The van der Waals surface area contributed by atoms with E-state index in [1.165, 1.54) is 10.9 Å². The van der Waals surface area contributed by atoms with E-state index in [1.807, 2.05) is 12.1 Å². The molecule has 0 aliphatic rings. The number of hydrogen-bond acceptors (Lipinski definition) is 3. The van der Waals surface area contributed by atoms with Crippen LogP contribution in [-0.4, -0.2) is 19.8 Å². The Labute approximate surface area is 121 Å². The van der Waals surface area contributed by atoms with Crippen LogP contribution in [0.4, 0.5) is 0 Å². The van der Waals surface area contributed by atoms with Crippen LogP contribution in [0.3, 0.4) is 0 Å². The minimum Gasteiger partial charge on any atom is -0.461 e. The highest BCUT2D eigenvalue weighted by Crippen LogP contribution is 2.25. The third kappa shape index (κ3) is 3.84. The van der Waals surface area contributed by atoms with Gasteiger partial charge in [-0.25, -0.2) is 0 Å². The first kappa shape index (κ1) is 15.1. The lowest BCUT2D eigenvalue weighted by Crippen LogP contribution is -2.20. The minimum absolute atomic E-state index is 0.597. The summed E-state index contributed by atoms with van der Waals surface area (Å²) >= 11 is 0. The summed E-state index contributed by atoms with van der Waals surface area (Å²) in [7, 11) is 0. The van der Waals surface area contributed by atoms with E-state index in [0.29, 0.717) is 5.92 Å². The van der Waals surface area contributed by atoms with Crippen molar-refractivity contribution in [1.29, 1.82) is 0 Å². The van der Waals surface area contributed by atoms with Gasteiger partial charge in [0.15, 0.2) is 0 Å². The second-order valence-corrected chi connectivity index (χ2v) is 5.50. The molecule has 3 heteroatoms. The lowest BCUT2D eigenvalue weighted by molar-refractivity contribution is 0.111. The molecule has 0 spiro atoms. The Kier molecular flexibility index (Phi) is 5.62. The van der Waals surface area contributed by atoms with Crippen molar-refractivity contribution in [1.82, 2.24) is 5.32 Å². The third-order valence-electron chi connectivity index (χ3n) is 3.28. The Hall–Kier alpha value is -1.32. The molecule has 0 bridgehead atoms. The number of furan rings is 1. The molecule has 0 atom stereocenters. The van der Waals surface area contributed by atoms with Crippen LogP contribution < -0.4 is 5.32 Å². The summed E-state index contributed by atoms with van der Waals surface area (Å²) in [6, 6.07) is 8.24. The standard InChI is InChI=1S/C17H25NO2/c1-4-16-15(11-18-9-10-19-12-13(2)3)14-7-5-6-8-17(14)20-16/h5-8,13,18H,4,9-12H2,1-3H3. The van der Waals surface area contributed by atoms with Gasteiger partial charge in [-0.3, -0.25) is 0 Å². The molecule has 0 fully saturated rings. The van der Waals surface area contributed by atoms with Crippen molar-refractivity contribution in [3.8, 4) is 0 Å². The first-order valence-electron chi connectivity index (χ1n) is 7.50. The number of aryl methyl sites for hydroxylation is 1. The zero-order chi connectivity index (χ0) is 14.4. The van der Waals surface area contributed by atoms with E-state index in [-0.39, 0.29) is 0 Å². The smallest absolute Gasteiger partial charge is 0.134 e. The maximum absolute atomic E-state index is 5.89. The maximum Gasteiger partial charge on any atom is 0.134 e. The first-order chi connectivity index (χ1) is 9.72. The molecule has 1 heterocycles. The molecule has 2 rings (SSSR count).